The van der Waals surface area contributed by atoms with Gasteiger partial charge in [0.1, 0.15) is 11.4 Å². The van der Waals surface area contributed by atoms with Gasteiger partial charge in [-0.1, -0.05) is 6.07 Å². The summed E-state index contributed by atoms with van der Waals surface area (Å²) in [7, 11) is 2.88. The van der Waals surface area contributed by atoms with Crippen molar-refractivity contribution in [3.63, 3.8) is 0 Å². The van der Waals surface area contributed by atoms with Crippen LogP contribution in [0.1, 0.15) is 37.6 Å². The van der Waals surface area contributed by atoms with E-state index in [1.807, 2.05) is 26.8 Å². The number of anilines is 1. The molecule has 0 fully saturated rings. The first-order chi connectivity index (χ1) is 16.1. The maximum atomic E-state index is 13.0. The summed E-state index contributed by atoms with van der Waals surface area (Å²) in [6.07, 6.45) is 1.76. The van der Waals surface area contributed by atoms with Crippen molar-refractivity contribution in [3.05, 3.63) is 70.6 Å². The predicted molar refractivity (Wildman–Crippen MR) is 131 cm³/mol. The summed E-state index contributed by atoms with van der Waals surface area (Å²) in [5.74, 6) is 0.186. The summed E-state index contributed by atoms with van der Waals surface area (Å²) in [6, 6.07) is 13.9. The van der Waals surface area contributed by atoms with Crippen LogP contribution in [0.5, 0.6) is 5.75 Å². The third kappa shape index (κ3) is 5.95. The van der Waals surface area contributed by atoms with E-state index >= 15 is 0 Å². The Balaban J connectivity index is 1.81. The Bertz CT molecular complexity index is 1220. The average molecular weight is 467 g/mol. The fourth-order valence-electron chi connectivity index (χ4n) is 3.50. The van der Waals surface area contributed by atoms with E-state index in [1.165, 1.54) is 7.11 Å². The van der Waals surface area contributed by atoms with Crippen molar-refractivity contribution in [2.45, 2.75) is 39.3 Å². The number of pyridine rings is 1. The lowest BCUT2D eigenvalue weighted by Crippen LogP contribution is -2.38. The van der Waals surface area contributed by atoms with E-state index in [-0.39, 0.29) is 5.56 Å². The first-order valence-electron chi connectivity index (χ1n) is 11.0. The van der Waals surface area contributed by atoms with Crippen LogP contribution in [0.4, 0.5) is 10.5 Å². The second kappa shape index (κ2) is 10.4. The van der Waals surface area contributed by atoms with Gasteiger partial charge in [-0.3, -0.25) is 9.69 Å². The quantitative estimate of drug-likeness (QED) is 0.472. The molecule has 8 nitrogen and oxygen atoms in total. The number of amides is 1. The molecule has 0 bridgehead atoms. The molecule has 0 spiro atoms. The zero-order valence-corrected chi connectivity index (χ0v) is 20.2. The fraction of sp³-hybridized carbons (Fsp3) is 0.346. The minimum absolute atomic E-state index is 0.212. The van der Waals surface area contributed by atoms with Crippen molar-refractivity contribution < 1.29 is 23.8 Å². The highest BCUT2D eigenvalue weighted by Gasteiger charge is 2.23. The normalized spacial score (nSPS) is 11.2. The largest absolute Gasteiger partial charge is 0.497 e. The number of hydrogen-bond acceptors (Lipinski definition) is 6. The molecule has 0 unspecified atom stereocenters. The summed E-state index contributed by atoms with van der Waals surface area (Å²) in [5, 5.41) is 1.17. The van der Waals surface area contributed by atoms with E-state index in [0.29, 0.717) is 41.9 Å². The molecule has 0 aliphatic rings. The predicted octanol–water partition coefficient (Wildman–Crippen LogP) is 4.63. The second-order valence-corrected chi connectivity index (χ2v) is 8.79. The van der Waals surface area contributed by atoms with Gasteiger partial charge in [-0.2, -0.15) is 0 Å². The van der Waals surface area contributed by atoms with Crippen LogP contribution in [0, 0.1) is 0 Å². The summed E-state index contributed by atoms with van der Waals surface area (Å²) in [6.45, 7) is 6.16. The zero-order chi connectivity index (χ0) is 24.9. The Morgan fingerprint density at radius 3 is 2.32 bits per heavy atom. The minimum atomic E-state index is -0.644. The SMILES string of the molecule is COC(=O)c1ccc2ccn(CCCN(C(=O)OC(C)(C)C)c3ccc(OC)cc3)c(=O)c2c1. The lowest BCUT2D eigenvalue weighted by molar-refractivity contribution is 0.0575. The van der Waals surface area contributed by atoms with Crippen LogP contribution in [0.25, 0.3) is 10.8 Å². The second-order valence-electron chi connectivity index (χ2n) is 8.79. The molecule has 180 valence electrons. The first-order valence-corrected chi connectivity index (χ1v) is 11.0. The average Bonchev–Trinajstić information content (AvgIpc) is 2.81. The van der Waals surface area contributed by atoms with Gasteiger partial charge in [0.15, 0.2) is 0 Å². The van der Waals surface area contributed by atoms with Gasteiger partial charge in [-0.05, 0) is 75.0 Å². The number of aromatic nitrogens is 1. The smallest absolute Gasteiger partial charge is 0.414 e. The number of nitrogens with zero attached hydrogens (tertiary/aromatic N) is 2. The summed E-state index contributed by atoms with van der Waals surface area (Å²) in [4.78, 5) is 39.3. The van der Waals surface area contributed by atoms with E-state index in [2.05, 4.69) is 0 Å². The van der Waals surface area contributed by atoms with Gasteiger partial charge in [0.25, 0.3) is 5.56 Å². The standard InChI is InChI=1S/C26H30N2O6/c1-26(2,3)34-25(31)28(20-9-11-21(32-4)12-10-20)15-6-14-27-16-13-18-7-8-19(24(30)33-5)17-22(18)23(27)29/h7-13,16-17H,6,14-15H2,1-5H3. The number of rotatable bonds is 7. The van der Waals surface area contributed by atoms with Crippen molar-refractivity contribution in [3.8, 4) is 5.75 Å². The molecule has 0 saturated carbocycles. The number of aryl methyl sites for hydroxylation is 1. The molecular formula is C26H30N2O6. The van der Waals surface area contributed by atoms with Crippen LogP contribution in [-0.2, 0) is 16.0 Å². The number of esters is 1. The summed E-state index contributed by atoms with van der Waals surface area (Å²) >= 11 is 0. The Morgan fingerprint density at radius 2 is 1.71 bits per heavy atom. The molecule has 8 heteroatoms. The molecule has 0 N–H and O–H groups in total. The van der Waals surface area contributed by atoms with E-state index < -0.39 is 17.7 Å². The molecule has 34 heavy (non-hydrogen) atoms. The highest BCUT2D eigenvalue weighted by molar-refractivity contribution is 5.95. The number of carbonyl (C=O) groups is 2. The minimum Gasteiger partial charge on any atom is -0.497 e. The molecule has 3 aromatic rings. The molecule has 0 aliphatic carbocycles. The van der Waals surface area contributed by atoms with E-state index in [4.69, 9.17) is 14.2 Å². The highest BCUT2D eigenvalue weighted by atomic mass is 16.6. The number of hydrogen-bond donors (Lipinski definition) is 0. The third-order valence-electron chi connectivity index (χ3n) is 5.18. The monoisotopic (exact) mass is 466 g/mol. The number of benzene rings is 2. The van der Waals surface area contributed by atoms with Gasteiger partial charge in [0, 0.05) is 30.4 Å². The molecule has 1 heterocycles. The Hall–Kier alpha value is -3.81. The van der Waals surface area contributed by atoms with Gasteiger partial charge >= 0.3 is 12.1 Å². The summed E-state index contributed by atoms with van der Waals surface area (Å²) < 4.78 is 17.1. The topological polar surface area (TPSA) is 87.1 Å². The molecule has 1 amide bonds. The maximum Gasteiger partial charge on any atom is 0.414 e. The van der Waals surface area contributed by atoms with Crippen LogP contribution in [-0.4, -0.2) is 43.0 Å². The molecule has 2 aromatic carbocycles. The molecular weight excluding hydrogens is 436 g/mol. The summed E-state index contributed by atoms with van der Waals surface area (Å²) in [5.41, 5.74) is 0.134. The maximum absolute atomic E-state index is 13.0. The van der Waals surface area contributed by atoms with E-state index in [0.717, 1.165) is 5.39 Å². The van der Waals surface area contributed by atoms with Gasteiger partial charge in [-0.25, -0.2) is 9.59 Å². The molecule has 0 saturated heterocycles. The first kappa shape index (κ1) is 24.8. The number of methoxy groups -OCH3 is 2. The van der Waals surface area contributed by atoms with Crippen molar-refractivity contribution in [2.75, 3.05) is 25.7 Å². The van der Waals surface area contributed by atoms with Crippen LogP contribution in [0.2, 0.25) is 0 Å². The van der Waals surface area contributed by atoms with Crippen LogP contribution >= 0.6 is 0 Å². The number of carbonyl (C=O) groups excluding carboxylic acids is 2. The molecule has 0 atom stereocenters. The lowest BCUT2D eigenvalue weighted by atomic mass is 10.1. The van der Waals surface area contributed by atoms with Crippen molar-refractivity contribution in [2.24, 2.45) is 0 Å². The number of ether oxygens (including phenoxy) is 3. The van der Waals surface area contributed by atoms with E-state index in [9.17, 15) is 14.4 Å². The van der Waals surface area contributed by atoms with Gasteiger partial charge < -0.3 is 18.8 Å². The Labute approximate surface area is 198 Å². The van der Waals surface area contributed by atoms with Crippen LogP contribution in [0.15, 0.2) is 59.5 Å². The lowest BCUT2D eigenvalue weighted by Gasteiger charge is -2.27. The fourth-order valence-corrected chi connectivity index (χ4v) is 3.50. The van der Waals surface area contributed by atoms with Crippen LogP contribution in [0.3, 0.4) is 0 Å². The van der Waals surface area contributed by atoms with Gasteiger partial charge in [0.05, 0.1) is 19.8 Å². The zero-order valence-electron chi connectivity index (χ0n) is 20.2. The molecule has 0 radical (unpaired) electrons. The van der Waals surface area contributed by atoms with Crippen molar-refractivity contribution in [1.82, 2.24) is 4.57 Å². The number of fused-ring (bicyclic) bond motifs is 1. The third-order valence-corrected chi connectivity index (χ3v) is 5.18. The van der Waals surface area contributed by atoms with E-state index in [1.54, 1.807) is 65.2 Å². The van der Waals surface area contributed by atoms with Crippen LogP contribution < -0.4 is 15.2 Å². The van der Waals surface area contributed by atoms with Gasteiger partial charge in [-0.15, -0.1) is 0 Å². The molecule has 0 aliphatic heterocycles. The highest BCUT2D eigenvalue weighted by Crippen LogP contribution is 2.22. The molecule has 3 rings (SSSR count). The Kier molecular flexibility index (Phi) is 7.61. The van der Waals surface area contributed by atoms with Gasteiger partial charge in [0.2, 0.25) is 0 Å². The van der Waals surface area contributed by atoms with Crippen molar-refractivity contribution >= 4 is 28.5 Å². The molecule has 1 aromatic heterocycles. The van der Waals surface area contributed by atoms with Crippen molar-refractivity contribution in [1.29, 1.82) is 0 Å². The Morgan fingerprint density at radius 1 is 1.00 bits per heavy atom.